The largest absolute Gasteiger partial charge is 0.269 e. The molecule has 1 atom stereocenters. The molecule has 0 amide bonds. The van der Waals surface area contributed by atoms with E-state index in [1.54, 1.807) is 0 Å². The normalized spacial score (nSPS) is 17.9. The number of hydrogen-bond donors (Lipinski definition) is 0. The van der Waals surface area contributed by atoms with Crippen LogP contribution in [0.3, 0.4) is 0 Å². The van der Waals surface area contributed by atoms with Gasteiger partial charge in [-0.25, -0.2) is 0 Å². The highest BCUT2D eigenvalue weighted by molar-refractivity contribution is 8.00. The lowest BCUT2D eigenvalue weighted by atomic mass is 10.1. The standard InChI is InChI=1S/C14H12NS/c1-2-6-11(7-3-1)10-14-15-12-8-4-5-9-13(12)16-14/h1-9,14H,10H2. The van der Waals surface area contributed by atoms with Crippen molar-refractivity contribution >= 4 is 17.4 Å². The average molecular weight is 226 g/mol. The lowest BCUT2D eigenvalue weighted by molar-refractivity contribution is 0.782. The number of benzene rings is 2. The van der Waals surface area contributed by atoms with Crippen molar-refractivity contribution in [1.29, 1.82) is 0 Å². The smallest absolute Gasteiger partial charge is 0.105 e. The van der Waals surface area contributed by atoms with E-state index in [0.29, 0.717) is 5.37 Å². The van der Waals surface area contributed by atoms with Gasteiger partial charge >= 0.3 is 0 Å². The molecule has 1 aliphatic rings. The summed E-state index contributed by atoms with van der Waals surface area (Å²) in [4.78, 5) is 1.31. The van der Waals surface area contributed by atoms with Crippen molar-refractivity contribution < 1.29 is 0 Å². The lowest BCUT2D eigenvalue weighted by Crippen LogP contribution is -2.12. The number of para-hydroxylation sites is 1. The highest BCUT2D eigenvalue weighted by atomic mass is 32.2. The van der Waals surface area contributed by atoms with E-state index in [4.69, 9.17) is 5.32 Å². The third kappa shape index (κ3) is 1.93. The van der Waals surface area contributed by atoms with Gasteiger partial charge < -0.3 is 0 Å². The Morgan fingerprint density at radius 3 is 2.50 bits per heavy atom. The maximum absolute atomic E-state index is 4.71. The van der Waals surface area contributed by atoms with Crippen LogP contribution in [-0.4, -0.2) is 5.37 Å². The molecule has 0 bridgehead atoms. The van der Waals surface area contributed by atoms with Crippen molar-refractivity contribution in [3.8, 4) is 0 Å². The maximum Gasteiger partial charge on any atom is 0.105 e. The Balaban J connectivity index is 1.73. The van der Waals surface area contributed by atoms with Gasteiger partial charge in [-0.05, 0) is 17.7 Å². The molecule has 0 saturated carbocycles. The van der Waals surface area contributed by atoms with Crippen molar-refractivity contribution in [3.05, 3.63) is 60.2 Å². The number of fused-ring (bicyclic) bond motifs is 1. The minimum atomic E-state index is 0.347. The van der Waals surface area contributed by atoms with Gasteiger partial charge in [0, 0.05) is 11.3 Å². The summed E-state index contributed by atoms with van der Waals surface area (Å²) in [5.41, 5.74) is 2.50. The third-order valence-electron chi connectivity index (χ3n) is 2.66. The minimum Gasteiger partial charge on any atom is -0.269 e. The Morgan fingerprint density at radius 1 is 0.938 bits per heavy atom. The number of hydrogen-bond acceptors (Lipinski definition) is 1. The van der Waals surface area contributed by atoms with Gasteiger partial charge in [0.1, 0.15) is 5.37 Å². The molecule has 0 saturated heterocycles. The third-order valence-corrected chi connectivity index (χ3v) is 3.81. The van der Waals surface area contributed by atoms with Crippen LogP contribution in [0.1, 0.15) is 5.56 Å². The van der Waals surface area contributed by atoms with E-state index >= 15 is 0 Å². The van der Waals surface area contributed by atoms with Crippen LogP contribution in [0.15, 0.2) is 59.5 Å². The first-order valence-electron chi connectivity index (χ1n) is 5.42. The zero-order valence-corrected chi connectivity index (χ0v) is 9.65. The van der Waals surface area contributed by atoms with Crippen LogP contribution < -0.4 is 5.32 Å². The molecule has 0 N–H and O–H groups in total. The minimum absolute atomic E-state index is 0.347. The van der Waals surface area contributed by atoms with Gasteiger partial charge in [-0.3, -0.25) is 5.32 Å². The summed E-state index contributed by atoms with van der Waals surface area (Å²) in [6.45, 7) is 0. The molecule has 0 aliphatic carbocycles. The first-order chi connectivity index (χ1) is 7.92. The second-order valence-corrected chi connectivity index (χ2v) is 5.08. The van der Waals surface area contributed by atoms with Crippen LogP contribution in [0.4, 0.5) is 5.69 Å². The van der Waals surface area contributed by atoms with E-state index in [9.17, 15) is 0 Å². The Hall–Kier alpha value is -1.41. The Labute approximate surface area is 99.9 Å². The van der Waals surface area contributed by atoms with Crippen molar-refractivity contribution in [2.75, 3.05) is 0 Å². The lowest BCUT2D eigenvalue weighted by Gasteiger charge is -2.07. The molecule has 3 rings (SSSR count). The van der Waals surface area contributed by atoms with Gasteiger partial charge in [-0.2, -0.15) is 0 Å². The molecule has 16 heavy (non-hydrogen) atoms. The number of nitrogens with zero attached hydrogens (tertiary/aromatic N) is 1. The van der Waals surface area contributed by atoms with Gasteiger partial charge in [0.05, 0.1) is 5.69 Å². The van der Waals surface area contributed by atoms with Crippen LogP contribution in [0.5, 0.6) is 0 Å². The van der Waals surface area contributed by atoms with Crippen LogP contribution in [0, 0.1) is 0 Å². The molecule has 0 aromatic heterocycles. The van der Waals surface area contributed by atoms with Crippen LogP contribution in [-0.2, 0) is 6.42 Å². The van der Waals surface area contributed by atoms with E-state index in [1.807, 2.05) is 17.8 Å². The predicted molar refractivity (Wildman–Crippen MR) is 68.0 cm³/mol. The maximum atomic E-state index is 4.71. The molecule has 1 radical (unpaired) electrons. The number of rotatable bonds is 2. The Kier molecular flexibility index (Phi) is 2.58. The van der Waals surface area contributed by atoms with Crippen molar-refractivity contribution in [1.82, 2.24) is 5.32 Å². The van der Waals surface area contributed by atoms with Gasteiger partial charge in [-0.1, -0.05) is 54.2 Å². The molecule has 1 heterocycles. The zero-order chi connectivity index (χ0) is 10.8. The molecule has 2 aromatic rings. The molecule has 79 valence electrons. The summed E-state index contributed by atoms with van der Waals surface area (Å²) < 4.78 is 0. The van der Waals surface area contributed by atoms with Crippen LogP contribution in [0.25, 0.3) is 0 Å². The van der Waals surface area contributed by atoms with Gasteiger partial charge in [0.2, 0.25) is 0 Å². The fourth-order valence-electron chi connectivity index (χ4n) is 1.89. The molecule has 2 aromatic carbocycles. The van der Waals surface area contributed by atoms with E-state index in [-0.39, 0.29) is 0 Å². The summed E-state index contributed by atoms with van der Waals surface area (Å²) in [6, 6.07) is 18.9. The molecule has 0 spiro atoms. The molecule has 1 nitrogen and oxygen atoms in total. The first kappa shape index (κ1) is 9.79. The van der Waals surface area contributed by atoms with Gasteiger partial charge in [0.15, 0.2) is 0 Å². The van der Waals surface area contributed by atoms with E-state index < -0.39 is 0 Å². The van der Waals surface area contributed by atoms with E-state index in [0.717, 1.165) is 12.1 Å². The Bertz CT molecular complexity index is 456. The van der Waals surface area contributed by atoms with E-state index in [1.165, 1.54) is 10.5 Å². The van der Waals surface area contributed by atoms with E-state index in [2.05, 4.69) is 48.5 Å². The molecule has 1 unspecified atom stereocenters. The summed E-state index contributed by atoms with van der Waals surface area (Å²) in [5, 5.41) is 5.06. The summed E-state index contributed by atoms with van der Waals surface area (Å²) >= 11 is 1.86. The monoisotopic (exact) mass is 226 g/mol. The SMILES string of the molecule is c1ccc(CC2[N]c3ccccc3S2)cc1. The molecule has 0 fully saturated rings. The quantitative estimate of drug-likeness (QED) is 0.763. The highest BCUT2D eigenvalue weighted by Crippen LogP contribution is 2.39. The fraction of sp³-hybridized carbons (Fsp3) is 0.143. The van der Waals surface area contributed by atoms with Gasteiger partial charge in [-0.15, -0.1) is 0 Å². The summed E-state index contributed by atoms with van der Waals surface area (Å²) in [7, 11) is 0. The summed E-state index contributed by atoms with van der Waals surface area (Å²) in [6.07, 6.45) is 1.01. The molecule has 1 aliphatic heterocycles. The van der Waals surface area contributed by atoms with Crippen molar-refractivity contribution in [3.63, 3.8) is 0 Å². The molecule has 2 heteroatoms. The topological polar surface area (TPSA) is 14.1 Å². The highest BCUT2D eigenvalue weighted by Gasteiger charge is 2.22. The fourth-order valence-corrected chi connectivity index (χ4v) is 3.03. The molecular weight excluding hydrogens is 214 g/mol. The van der Waals surface area contributed by atoms with Crippen LogP contribution in [0.2, 0.25) is 0 Å². The Morgan fingerprint density at radius 2 is 1.69 bits per heavy atom. The predicted octanol–water partition coefficient (Wildman–Crippen LogP) is 3.60. The first-order valence-corrected chi connectivity index (χ1v) is 6.30. The molecular formula is C14H12NS. The second kappa shape index (κ2) is 4.22. The summed E-state index contributed by atoms with van der Waals surface area (Å²) in [5.74, 6) is 0. The van der Waals surface area contributed by atoms with Crippen LogP contribution >= 0.6 is 11.8 Å². The average Bonchev–Trinajstić information content (AvgIpc) is 2.72. The number of thioether (sulfide) groups is 1. The van der Waals surface area contributed by atoms with Crippen molar-refractivity contribution in [2.45, 2.75) is 16.7 Å². The zero-order valence-electron chi connectivity index (χ0n) is 8.84. The second-order valence-electron chi connectivity index (χ2n) is 3.86. The van der Waals surface area contributed by atoms with Gasteiger partial charge in [0.25, 0.3) is 0 Å². The van der Waals surface area contributed by atoms with Crippen molar-refractivity contribution in [2.24, 2.45) is 0 Å².